The molecule has 3 aromatic rings. The average Bonchev–Trinajstić information content (AvgIpc) is 3.15. The Kier molecular flexibility index (Phi) is 4.24. The van der Waals surface area contributed by atoms with Crippen LogP contribution < -0.4 is 5.32 Å². The minimum absolute atomic E-state index is 0.0152. The lowest BCUT2D eigenvalue weighted by atomic mass is 10.1. The lowest BCUT2D eigenvalue weighted by molar-refractivity contribution is -0.116. The van der Waals surface area contributed by atoms with E-state index < -0.39 is 0 Å². The van der Waals surface area contributed by atoms with Crippen molar-refractivity contribution in [2.75, 3.05) is 5.32 Å². The molecule has 0 aliphatic rings. The number of benzene rings is 1. The van der Waals surface area contributed by atoms with Gasteiger partial charge in [0.15, 0.2) is 5.82 Å². The molecule has 0 radical (unpaired) electrons. The summed E-state index contributed by atoms with van der Waals surface area (Å²) in [6, 6.07) is 11.8. The van der Waals surface area contributed by atoms with E-state index in [2.05, 4.69) is 20.8 Å². The summed E-state index contributed by atoms with van der Waals surface area (Å²) in [4.78, 5) is 13.0. The van der Waals surface area contributed by atoms with Crippen LogP contribution >= 0.6 is 11.3 Å². The Balaban J connectivity index is 1.65. The highest BCUT2D eigenvalue weighted by molar-refractivity contribution is 7.14. The van der Waals surface area contributed by atoms with Gasteiger partial charge in [-0.25, -0.2) is 4.68 Å². The zero-order valence-electron chi connectivity index (χ0n) is 12.1. The minimum Gasteiger partial charge on any atom is -0.325 e. The van der Waals surface area contributed by atoms with Crippen molar-refractivity contribution in [3.8, 4) is 10.7 Å². The number of amides is 1. The van der Waals surface area contributed by atoms with E-state index >= 15 is 0 Å². The zero-order valence-corrected chi connectivity index (χ0v) is 12.9. The van der Waals surface area contributed by atoms with Crippen molar-refractivity contribution in [1.29, 1.82) is 0 Å². The van der Waals surface area contributed by atoms with Crippen LogP contribution in [0.2, 0.25) is 0 Å². The summed E-state index contributed by atoms with van der Waals surface area (Å²) in [5.41, 5.74) is 1.90. The number of anilines is 1. The lowest BCUT2D eigenvalue weighted by Crippen LogP contribution is -2.12. The van der Waals surface area contributed by atoms with Crippen LogP contribution in [0.25, 0.3) is 10.7 Å². The molecule has 0 fully saturated rings. The third kappa shape index (κ3) is 3.20. The molecular formula is C15H15N5OS. The molecule has 2 aromatic heterocycles. The summed E-state index contributed by atoms with van der Waals surface area (Å²) in [5, 5.41) is 16.3. The Morgan fingerprint density at radius 2 is 2.09 bits per heavy atom. The molecular weight excluding hydrogens is 298 g/mol. The van der Waals surface area contributed by atoms with Crippen LogP contribution in [-0.4, -0.2) is 26.1 Å². The van der Waals surface area contributed by atoms with Gasteiger partial charge < -0.3 is 5.32 Å². The first kappa shape index (κ1) is 14.4. The van der Waals surface area contributed by atoms with Gasteiger partial charge in [-0.2, -0.15) is 0 Å². The fourth-order valence-corrected chi connectivity index (χ4v) is 2.98. The third-order valence-electron chi connectivity index (χ3n) is 3.25. The van der Waals surface area contributed by atoms with Crippen LogP contribution in [-0.2, 0) is 18.3 Å². The molecule has 0 bridgehead atoms. The molecule has 1 amide bonds. The number of hydrogen-bond donors (Lipinski definition) is 1. The van der Waals surface area contributed by atoms with E-state index in [-0.39, 0.29) is 5.91 Å². The van der Waals surface area contributed by atoms with E-state index in [4.69, 9.17) is 0 Å². The van der Waals surface area contributed by atoms with E-state index in [1.165, 1.54) is 11.3 Å². The third-order valence-corrected chi connectivity index (χ3v) is 4.16. The Labute approximate surface area is 131 Å². The van der Waals surface area contributed by atoms with Crippen molar-refractivity contribution in [3.63, 3.8) is 0 Å². The van der Waals surface area contributed by atoms with Crippen LogP contribution in [0.15, 0.2) is 41.8 Å². The summed E-state index contributed by atoms with van der Waals surface area (Å²) in [6.45, 7) is 0. The van der Waals surface area contributed by atoms with E-state index in [9.17, 15) is 4.79 Å². The predicted octanol–water partition coefficient (Wildman–Crippen LogP) is 2.51. The number of thiophene rings is 1. The molecule has 0 aliphatic carbocycles. The monoisotopic (exact) mass is 313 g/mol. The number of carbonyl (C=O) groups is 1. The second kappa shape index (κ2) is 6.48. The summed E-state index contributed by atoms with van der Waals surface area (Å²) in [7, 11) is 1.77. The largest absolute Gasteiger partial charge is 0.325 e. The number of nitrogens with zero attached hydrogens (tertiary/aromatic N) is 4. The standard InChI is InChI=1S/C15H15N5OS/c1-20-15(17-18-19-20)14-12(9-10-22-14)16-13(21)8-7-11-5-3-2-4-6-11/h2-6,9-10H,7-8H2,1H3,(H,16,21). The number of tetrazole rings is 1. The fourth-order valence-electron chi connectivity index (χ4n) is 2.12. The van der Waals surface area contributed by atoms with Crippen LogP contribution in [0.1, 0.15) is 12.0 Å². The first-order chi connectivity index (χ1) is 10.7. The van der Waals surface area contributed by atoms with Crippen LogP contribution in [0.4, 0.5) is 5.69 Å². The quantitative estimate of drug-likeness (QED) is 0.785. The molecule has 0 aliphatic heterocycles. The molecule has 6 nitrogen and oxygen atoms in total. The van der Waals surface area contributed by atoms with Crippen molar-refractivity contribution in [3.05, 3.63) is 47.3 Å². The van der Waals surface area contributed by atoms with Crippen LogP contribution in [0, 0.1) is 0 Å². The van der Waals surface area contributed by atoms with Gasteiger partial charge in [0.25, 0.3) is 0 Å². The van der Waals surface area contributed by atoms with E-state index in [1.807, 2.05) is 41.8 Å². The molecule has 0 atom stereocenters. The number of aromatic nitrogens is 4. The van der Waals surface area contributed by atoms with Crippen molar-refractivity contribution in [2.24, 2.45) is 7.05 Å². The molecule has 0 saturated carbocycles. The van der Waals surface area contributed by atoms with Gasteiger partial charge in [-0.3, -0.25) is 4.79 Å². The number of carbonyl (C=O) groups excluding carboxylic acids is 1. The van der Waals surface area contributed by atoms with E-state index in [1.54, 1.807) is 11.7 Å². The van der Waals surface area contributed by atoms with Crippen molar-refractivity contribution >= 4 is 22.9 Å². The SMILES string of the molecule is Cn1nnnc1-c1sccc1NC(=O)CCc1ccccc1. The molecule has 112 valence electrons. The van der Waals surface area contributed by atoms with Gasteiger partial charge in [0.2, 0.25) is 5.91 Å². The number of aryl methyl sites for hydroxylation is 2. The van der Waals surface area contributed by atoms with E-state index in [0.717, 1.165) is 22.5 Å². The molecule has 3 rings (SSSR count). The normalized spacial score (nSPS) is 10.6. The average molecular weight is 313 g/mol. The summed E-state index contributed by atoms with van der Waals surface area (Å²) < 4.78 is 1.59. The summed E-state index contributed by atoms with van der Waals surface area (Å²) in [6.07, 6.45) is 1.16. The van der Waals surface area contributed by atoms with E-state index in [0.29, 0.717) is 12.2 Å². The number of nitrogens with one attached hydrogen (secondary N) is 1. The Morgan fingerprint density at radius 1 is 1.27 bits per heavy atom. The Hall–Kier alpha value is -2.54. The zero-order chi connectivity index (χ0) is 15.4. The molecule has 2 heterocycles. The van der Waals surface area contributed by atoms with Crippen LogP contribution in [0.3, 0.4) is 0 Å². The smallest absolute Gasteiger partial charge is 0.224 e. The van der Waals surface area contributed by atoms with Gasteiger partial charge in [-0.1, -0.05) is 30.3 Å². The van der Waals surface area contributed by atoms with Crippen molar-refractivity contribution in [1.82, 2.24) is 20.2 Å². The van der Waals surface area contributed by atoms with Gasteiger partial charge in [0, 0.05) is 13.5 Å². The second-order valence-corrected chi connectivity index (χ2v) is 5.74. The number of hydrogen-bond acceptors (Lipinski definition) is 5. The lowest BCUT2D eigenvalue weighted by Gasteiger charge is -2.06. The van der Waals surface area contributed by atoms with Gasteiger partial charge in [0.05, 0.1) is 10.6 Å². The topological polar surface area (TPSA) is 72.7 Å². The maximum Gasteiger partial charge on any atom is 0.224 e. The van der Waals surface area contributed by atoms with Crippen molar-refractivity contribution in [2.45, 2.75) is 12.8 Å². The van der Waals surface area contributed by atoms with Gasteiger partial charge >= 0.3 is 0 Å². The molecule has 1 N–H and O–H groups in total. The highest BCUT2D eigenvalue weighted by atomic mass is 32.1. The van der Waals surface area contributed by atoms with Gasteiger partial charge in [-0.05, 0) is 33.9 Å². The maximum absolute atomic E-state index is 12.1. The Bertz CT molecular complexity index is 765. The first-order valence-corrected chi connectivity index (χ1v) is 7.76. The fraction of sp³-hybridized carbons (Fsp3) is 0.200. The predicted molar refractivity (Wildman–Crippen MR) is 85.5 cm³/mol. The maximum atomic E-state index is 12.1. The summed E-state index contributed by atoms with van der Waals surface area (Å²) >= 11 is 1.50. The molecule has 0 unspecified atom stereocenters. The van der Waals surface area contributed by atoms with Crippen molar-refractivity contribution < 1.29 is 4.79 Å². The minimum atomic E-state index is -0.0152. The first-order valence-electron chi connectivity index (χ1n) is 6.88. The molecule has 0 spiro atoms. The molecule has 0 saturated heterocycles. The highest BCUT2D eigenvalue weighted by Gasteiger charge is 2.14. The highest BCUT2D eigenvalue weighted by Crippen LogP contribution is 2.31. The molecule has 1 aromatic carbocycles. The molecule has 7 heteroatoms. The van der Waals surface area contributed by atoms with Crippen LogP contribution in [0.5, 0.6) is 0 Å². The number of rotatable bonds is 5. The van der Waals surface area contributed by atoms with Gasteiger partial charge in [0.1, 0.15) is 0 Å². The second-order valence-electron chi connectivity index (χ2n) is 4.82. The molecule has 22 heavy (non-hydrogen) atoms. The Morgan fingerprint density at radius 3 is 2.82 bits per heavy atom. The summed E-state index contributed by atoms with van der Waals surface area (Å²) in [5.74, 6) is 0.631. The van der Waals surface area contributed by atoms with Gasteiger partial charge in [-0.15, -0.1) is 16.4 Å².